The van der Waals surface area contributed by atoms with Gasteiger partial charge in [-0.25, -0.2) is 0 Å². The summed E-state index contributed by atoms with van der Waals surface area (Å²) >= 11 is 0. The van der Waals surface area contributed by atoms with Gasteiger partial charge in [0, 0.05) is 19.1 Å². The molecule has 2 aliphatic rings. The smallest absolute Gasteiger partial charge is 0.237 e. The second-order valence-electron chi connectivity index (χ2n) is 6.40. The largest absolute Gasteiger partial charge is 0.376 e. The number of ether oxygens (including phenoxy) is 1. The fourth-order valence-electron chi connectivity index (χ4n) is 3.71. The molecule has 0 aromatic rings. The van der Waals surface area contributed by atoms with Crippen molar-refractivity contribution in [2.24, 2.45) is 23.5 Å². The quantitative estimate of drug-likeness (QED) is 0.824. The van der Waals surface area contributed by atoms with E-state index in [-0.39, 0.29) is 18.1 Å². The topological polar surface area (TPSA) is 55.6 Å². The molecule has 2 aliphatic heterocycles. The maximum absolute atomic E-state index is 11.5. The third-order valence-corrected chi connectivity index (χ3v) is 4.34. The molecule has 2 heterocycles. The van der Waals surface area contributed by atoms with E-state index in [4.69, 9.17) is 10.5 Å². The lowest BCUT2D eigenvalue weighted by Gasteiger charge is -2.22. The van der Waals surface area contributed by atoms with Crippen molar-refractivity contribution in [1.29, 1.82) is 0 Å². The zero-order valence-corrected chi connectivity index (χ0v) is 11.8. The molecule has 0 aromatic heterocycles. The second kappa shape index (κ2) is 5.57. The average molecular weight is 254 g/mol. The summed E-state index contributed by atoms with van der Waals surface area (Å²) in [6, 6.07) is -0.229. The number of hydrogen-bond acceptors (Lipinski definition) is 3. The number of likely N-dealkylation sites (tertiary alicyclic amines) is 1. The number of nitrogens with two attached hydrogens (primary N) is 1. The zero-order valence-electron chi connectivity index (χ0n) is 11.8. The molecule has 1 amide bonds. The molecule has 4 atom stereocenters. The average Bonchev–Trinajstić information content (AvgIpc) is 2.41. The molecule has 0 saturated carbocycles. The molecule has 2 fully saturated rings. The van der Waals surface area contributed by atoms with Gasteiger partial charge in [0.2, 0.25) is 5.91 Å². The molecule has 4 heteroatoms. The molecule has 4 nitrogen and oxygen atoms in total. The minimum absolute atomic E-state index is 0.0182. The monoisotopic (exact) mass is 254 g/mol. The molecule has 18 heavy (non-hydrogen) atoms. The number of rotatable bonds is 3. The van der Waals surface area contributed by atoms with E-state index in [2.05, 4.69) is 18.7 Å². The van der Waals surface area contributed by atoms with Gasteiger partial charge in [-0.05, 0) is 38.1 Å². The van der Waals surface area contributed by atoms with Crippen molar-refractivity contribution < 1.29 is 9.53 Å². The Hall–Kier alpha value is -0.610. The van der Waals surface area contributed by atoms with E-state index in [0.717, 1.165) is 31.4 Å². The van der Waals surface area contributed by atoms with Crippen LogP contribution >= 0.6 is 0 Å². The molecule has 2 N–H and O–H groups in total. The summed E-state index contributed by atoms with van der Waals surface area (Å²) in [5, 5.41) is 0. The van der Waals surface area contributed by atoms with E-state index >= 15 is 0 Å². The van der Waals surface area contributed by atoms with Crippen LogP contribution < -0.4 is 5.73 Å². The van der Waals surface area contributed by atoms with Crippen molar-refractivity contribution in [2.75, 3.05) is 20.2 Å². The van der Waals surface area contributed by atoms with Gasteiger partial charge in [0.25, 0.3) is 0 Å². The Labute approximate surface area is 110 Å². The van der Waals surface area contributed by atoms with Gasteiger partial charge in [-0.15, -0.1) is 0 Å². The molecule has 0 aliphatic carbocycles. The Morgan fingerprint density at radius 2 is 2.22 bits per heavy atom. The van der Waals surface area contributed by atoms with Crippen LogP contribution in [0.2, 0.25) is 0 Å². The van der Waals surface area contributed by atoms with Gasteiger partial charge in [-0.1, -0.05) is 13.8 Å². The highest BCUT2D eigenvalue weighted by Gasteiger charge is 2.45. The van der Waals surface area contributed by atoms with Gasteiger partial charge in [0.05, 0.1) is 6.10 Å². The fourth-order valence-corrected chi connectivity index (χ4v) is 3.71. The minimum Gasteiger partial charge on any atom is -0.376 e. The van der Waals surface area contributed by atoms with Crippen molar-refractivity contribution in [1.82, 2.24) is 4.90 Å². The van der Waals surface area contributed by atoms with Gasteiger partial charge in [0.1, 0.15) is 6.04 Å². The maximum atomic E-state index is 11.5. The molecule has 0 bridgehead atoms. The Morgan fingerprint density at radius 1 is 1.50 bits per heavy atom. The van der Waals surface area contributed by atoms with Gasteiger partial charge >= 0.3 is 0 Å². The van der Waals surface area contributed by atoms with Crippen LogP contribution in [0, 0.1) is 17.8 Å². The number of fused-ring (bicyclic) bond motifs is 1. The van der Waals surface area contributed by atoms with Crippen LogP contribution in [0.15, 0.2) is 0 Å². The number of primary amides is 1. The van der Waals surface area contributed by atoms with Crippen LogP contribution in [0.4, 0.5) is 0 Å². The van der Waals surface area contributed by atoms with Crippen molar-refractivity contribution in [2.45, 2.75) is 45.3 Å². The number of carbonyl (C=O) groups is 1. The Balaban J connectivity index is 2.04. The number of carbonyl (C=O) groups excluding carboxylic acids is 1. The Morgan fingerprint density at radius 3 is 2.83 bits per heavy atom. The number of nitrogens with zero attached hydrogens (tertiary/aromatic N) is 1. The fraction of sp³-hybridized carbons (Fsp3) is 0.929. The van der Waals surface area contributed by atoms with Crippen LogP contribution in [-0.2, 0) is 9.53 Å². The lowest BCUT2D eigenvalue weighted by Crippen LogP contribution is -2.45. The lowest BCUT2D eigenvalue weighted by atomic mass is 9.85. The summed E-state index contributed by atoms with van der Waals surface area (Å²) in [4.78, 5) is 13.6. The summed E-state index contributed by atoms with van der Waals surface area (Å²) in [5.74, 6) is 1.70. The van der Waals surface area contributed by atoms with E-state index in [1.807, 2.05) is 7.05 Å². The summed E-state index contributed by atoms with van der Waals surface area (Å²) in [6.07, 6.45) is 3.58. The van der Waals surface area contributed by atoms with E-state index in [1.165, 1.54) is 12.8 Å². The molecule has 2 saturated heterocycles. The minimum atomic E-state index is -0.243. The third-order valence-electron chi connectivity index (χ3n) is 4.34. The summed E-state index contributed by atoms with van der Waals surface area (Å²) < 4.78 is 5.94. The van der Waals surface area contributed by atoms with E-state index in [0.29, 0.717) is 5.92 Å². The predicted octanol–water partition coefficient (Wildman–Crippen LogP) is 1.24. The van der Waals surface area contributed by atoms with Gasteiger partial charge < -0.3 is 10.5 Å². The summed E-state index contributed by atoms with van der Waals surface area (Å²) in [5.41, 5.74) is 5.50. The van der Waals surface area contributed by atoms with Crippen LogP contribution in [0.5, 0.6) is 0 Å². The Kier molecular flexibility index (Phi) is 4.28. The molecule has 0 spiro atoms. The molecule has 1 unspecified atom stereocenters. The van der Waals surface area contributed by atoms with E-state index in [9.17, 15) is 4.79 Å². The van der Waals surface area contributed by atoms with Crippen LogP contribution in [0.1, 0.15) is 33.1 Å². The first kappa shape index (κ1) is 13.8. The zero-order chi connectivity index (χ0) is 13.3. The molecule has 104 valence electrons. The van der Waals surface area contributed by atoms with Crippen molar-refractivity contribution in [3.63, 3.8) is 0 Å². The third kappa shape index (κ3) is 2.86. The highest BCUT2D eigenvalue weighted by Crippen LogP contribution is 2.36. The predicted molar refractivity (Wildman–Crippen MR) is 71.0 cm³/mol. The van der Waals surface area contributed by atoms with Gasteiger partial charge in [-0.3, -0.25) is 9.69 Å². The van der Waals surface area contributed by atoms with Crippen LogP contribution in [0.3, 0.4) is 0 Å². The summed E-state index contributed by atoms with van der Waals surface area (Å²) in [7, 11) is 1.98. The molecular formula is C14H26N2O2. The SMILES string of the molecule is CC(C)C[C@@H]1CCO[C@H]2C(C(N)=O)N(C)C[C@@H]2C1. The van der Waals surface area contributed by atoms with Gasteiger partial charge in [-0.2, -0.15) is 0 Å². The summed E-state index contributed by atoms with van der Waals surface area (Å²) in [6.45, 7) is 6.26. The van der Waals surface area contributed by atoms with E-state index in [1.54, 1.807) is 0 Å². The first-order valence-electron chi connectivity index (χ1n) is 7.10. The van der Waals surface area contributed by atoms with Gasteiger partial charge in [0.15, 0.2) is 0 Å². The first-order chi connectivity index (χ1) is 8.49. The lowest BCUT2D eigenvalue weighted by molar-refractivity contribution is -0.125. The second-order valence-corrected chi connectivity index (χ2v) is 6.40. The number of amides is 1. The molecule has 2 rings (SSSR count). The number of likely N-dealkylation sites (N-methyl/N-ethyl adjacent to an activating group) is 1. The van der Waals surface area contributed by atoms with Crippen LogP contribution in [0.25, 0.3) is 0 Å². The molecule has 0 aromatic carbocycles. The highest BCUT2D eigenvalue weighted by atomic mass is 16.5. The van der Waals surface area contributed by atoms with Crippen molar-refractivity contribution in [3.8, 4) is 0 Å². The van der Waals surface area contributed by atoms with Crippen LogP contribution in [-0.4, -0.2) is 43.2 Å². The highest BCUT2D eigenvalue weighted by molar-refractivity contribution is 5.81. The normalized spacial score (nSPS) is 37.6. The molecule has 0 radical (unpaired) electrons. The maximum Gasteiger partial charge on any atom is 0.237 e. The van der Waals surface area contributed by atoms with Crippen molar-refractivity contribution in [3.05, 3.63) is 0 Å². The van der Waals surface area contributed by atoms with Crippen molar-refractivity contribution >= 4 is 5.91 Å². The number of hydrogen-bond donors (Lipinski definition) is 1. The standard InChI is InChI=1S/C14H26N2O2/c1-9(2)6-10-4-5-18-13-11(7-10)8-16(3)12(13)14(15)17/h9-13H,4-8H2,1-3H3,(H2,15,17)/t10-,11-,12?,13+/m0/s1. The molecular weight excluding hydrogens is 228 g/mol. The first-order valence-corrected chi connectivity index (χ1v) is 7.10. The Bertz CT molecular complexity index is 306. The van der Waals surface area contributed by atoms with E-state index < -0.39 is 0 Å².